The summed E-state index contributed by atoms with van der Waals surface area (Å²) in [4.78, 5) is 0. The van der Waals surface area contributed by atoms with Gasteiger partial charge in [-0.05, 0) is 30.5 Å². The van der Waals surface area contributed by atoms with Gasteiger partial charge < -0.3 is 15.4 Å². The first-order valence-electron chi connectivity index (χ1n) is 5.89. The first-order chi connectivity index (χ1) is 7.79. The van der Waals surface area contributed by atoms with Crippen LogP contribution in [0.3, 0.4) is 0 Å². The third kappa shape index (κ3) is 2.74. The second kappa shape index (κ2) is 5.32. The van der Waals surface area contributed by atoms with Crippen molar-refractivity contribution in [1.29, 1.82) is 0 Å². The van der Waals surface area contributed by atoms with Crippen LogP contribution in [-0.4, -0.2) is 26.3 Å². The molecule has 0 fully saturated rings. The van der Waals surface area contributed by atoms with Gasteiger partial charge in [-0.15, -0.1) is 0 Å². The van der Waals surface area contributed by atoms with E-state index < -0.39 is 0 Å². The number of rotatable bonds is 5. The van der Waals surface area contributed by atoms with Crippen molar-refractivity contribution in [2.24, 2.45) is 0 Å². The Morgan fingerprint density at radius 1 is 1.50 bits per heavy atom. The van der Waals surface area contributed by atoms with E-state index in [1.165, 1.54) is 16.8 Å². The molecule has 0 radical (unpaired) electrons. The molecule has 1 aromatic carbocycles. The summed E-state index contributed by atoms with van der Waals surface area (Å²) < 4.78 is 5.19. The highest BCUT2D eigenvalue weighted by molar-refractivity contribution is 5.56. The lowest BCUT2D eigenvalue weighted by atomic mass is 10.1. The van der Waals surface area contributed by atoms with E-state index in [0.29, 0.717) is 0 Å². The molecule has 1 aromatic rings. The zero-order chi connectivity index (χ0) is 11.4. The fourth-order valence-electron chi connectivity index (χ4n) is 1.95. The Labute approximate surface area is 97.2 Å². The Morgan fingerprint density at radius 3 is 3.19 bits per heavy atom. The number of fused-ring (bicyclic) bond motifs is 1. The number of hydrogen-bond donors (Lipinski definition) is 2. The van der Waals surface area contributed by atoms with Gasteiger partial charge in [0.25, 0.3) is 0 Å². The molecular weight excluding hydrogens is 200 g/mol. The van der Waals surface area contributed by atoms with Gasteiger partial charge in [0.15, 0.2) is 0 Å². The van der Waals surface area contributed by atoms with Crippen molar-refractivity contribution < 1.29 is 4.74 Å². The van der Waals surface area contributed by atoms with Crippen molar-refractivity contribution >= 4 is 5.69 Å². The molecule has 0 spiro atoms. The first-order valence-corrected chi connectivity index (χ1v) is 5.89. The van der Waals surface area contributed by atoms with Crippen LogP contribution in [0.2, 0.25) is 0 Å². The fourth-order valence-corrected chi connectivity index (χ4v) is 1.95. The topological polar surface area (TPSA) is 33.3 Å². The molecule has 0 aromatic heterocycles. The highest BCUT2D eigenvalue weighted by Crippen LogP contribution is 2.22. The van der Waals surface area contributed by atoms with Crippen LogP contribution >= 0.6 is 0 Å². The number of nitrogens with one attached hydrogen (secondary N) is 2. The van der Waals surface area contributed by atoms with Gasteiger partial charge in [0.1, 0.15) is 0 Å². The van der Waals surface area contributed by atoms with Gasteiger partial charge >= 0.3 is 0 Å². The summed E-state index contributed by atoms with van der Waals surface area (Å²) in [5.41, 5.74) is 4.07. The number of ether oxygens (including phenoxy) is 1. The Balaban J connectivity index is 1.86. The van der Waals surface area contributed by atoms with E-state index in [1.807, 2.05) is 0 Å². The minimum atomic E-state index is 0.271. The molecule has 1 unspecified atom stereocenters. The van der Waals surface area contributed by atoms with Crippen molar-refractivity contribution in [3.05, 3.63) is 29.3 Å². The summed E-state index contributed by atoms with van der Waals surface area (Å²) in [5, 5.41) is 6.79. The highest BCUT2D eigenvalue weighted by Gasteiger charge is 2.09. The van der Waals surface area contributed by atoms with Crippen LogP contribution in [0.15, 0.2) is 18.2 Å². The fraction of sp³-hybridized carbons (Fsp3) is 0.538. The normalized spacial score (nSPS) is 15.6. The number of methoxy groups -OCH3 is 1. The third-order valence-electron chi connectivity index (χ3n) is 3.05. The molecular formula is C13H20N2O. The predicted octanol–water partition coefficient (Wildman–Crippen LogP) is 1.78. The molecule has 0 amide bonds. The van der Waals surface area contributed by atoms with Gasteiger partial charge in [-0.25, -0.2) is 0 Å². The van der Waals surface area contributed by atoms with Crippen LogP contribution in [0.5, 0.6) is 0 Å². The molecule has 3 heteroatoms. The predicted molar refractivity (Wildman–Crippen MR) is 66.8 cm³/mol. The zero-order valence-corrected chi connectivity index (χ0v) is 10.0. The van der Waals surface area contributed by atoms with Crippen molar-refractivity contribution in [2.45, 2.75) is 26.0 Å². The van der Waals surface area contributed by atoms with Gasteiger partial charge in [-0.3, -0.25) is 0 Å². The van der Waals surface area contributed by atoms with Crippen LogP contribution in [0.25, 0.3) is 0 Å². The maximum atomic E-state index is 5.19. The Kier molecular flexibility index (Phi) is 3.80. The van der Waals surface area contributed by atoms with E-state index in [9.17, 15) is 0 Å². The van der Waals surface area contributed by atoms with E-state index >= 15 is 0 Å². The molecule has 0 saturated heterocycles. The molecule has 2 rings (SSSR count). The minimum absolute atomic E-state index is 0.271. The maximum Gasteiger partial charge on any atom is 0.0667 e. The van der Waals surface area contributed by atoms with E-state index in [2.05, 4.69) is 35.8 Å². The van der Waals surface area contributed by atoms with Crippen molar-refractivity contribution in [3.63, 3.8) is 0 Å². The quantitative estimate of drug-likeness (QED) is 0.793. The van der Waals surface area contributed by atoms with Gasteiger partial charge in [0, 0.05) is 32.4 Å². The van der Waals surface area contributed by atoms with Crippen LogP contribution in [0.4, 0.5) is 5.69 Å². The summed E-state index contributed by atoms with van der Waals surface area (Å²) in [6.07, 6.45) is 1.43. The summed E-state index contributed by atoms with van der Waals surface area (Å²) in [6.45, 7) is 4.94. The van der Waals surface area contributed by atoms with Gasteiger partial charge in [-0.2, -0.15) is 0 Å². The molecule has 0 saturated carbocycles. The Bertz CT molecular complexity index is 352. The van der Waals surface area contributed by atoms with Crippen LogP contribution in [0.1, 0.15) is 18.1 Å². The first kappa shape index (κ1) is 11.4. The summed E-state index contributed by atoms with van der Waals surface area (Å²) >= 11 is 0. The zero-order valence-electron chi connectivity index (χ0n) is 10.0. The molecule has 1 heterocycles. The largest absolute Gasteiger partial charge is 0.384 e. The van der Waals surface area contributed by atoms with E-state index in [-0.39, 0.29) is 6.10 Å². The highest BCUT2D eigenvalue weighted by atomic mass is 16.5. The average Bonchev–Trinajstić information content (AvgIpc) is 2.76. The molecule has 88 valence electrons. The molecule has 1 atom stereocenters. The van der Waals surface area contributed by atoms with E-state index in [1.54, 1.807) is 7.11 Å². The van der Waals surface area contributed by atoms with E-state index in [4.69, 9.17) is 4.74 Å². The molecule has 16 heavy (non-hydrogen) atoms. The number of hydrogen-bond acceptors (Lipinski definition) is 3. The van der Waals surface area contributed by atoms with Gasteiger partial charge in [0.05, 0.1) is 6.10 Å². The molecule has 2 N–H and O–H groups in total. The standard InChI is InChI=1S/C13H20N2O/c1-10(16-2)8-14-9-11-3-4-12-5-6-15-13(12)7-11/h3-4,7,10,14-15H,5-6,8-9H2,1-2H3. The molecule has 0 bridgehead atoms. The van der Waals surface area contributed by atoms with Crippen LogP contribution < -0.4 is 10.6 Å². The lowest BCUT2D eigenvalue weighted by Crippen LogP contribution is -2.25. The van der Waals surface area contributed by atoms with E-state index in [0.717, 1.165) is 26.1 Å². The van der Waals surface area contributed by atoms with Crippen LogP contribution in [0, 0.1) is 0 Å². The number of anilines is 1. The lowest BCUT2D eigenvalue weighted by Gasteiger charge is -2.11. The molecule has 1 aliphatic heterocycles. The van der Waals surface area contributed by atoms with Crippen LogP contribution in [-0.2, 0) is 17.7 Å². The lowest BCUT2D eigenvalue weighted by molar-refractivity contribution is 0.117. The Hall–Kier alpha value is -1.06. The smallest absolute Gasteiger partial charge is 0.0667 e. The minimum Gasteiger partial charge on any atom is -0.384 e. The maximum absolute atomic E-state index is 5.19. The number of benzene rings is 1. The second-order valence-electron chi connectivity index (χ2n) is 4.35. The van der Waals surface area contributed by atoms with Crippen molar-refractivity contribution in [3.8, 4) is 0 Å². The summed E-state index contributed by atoms with van der Waals surface area (Å²) in [7, 11) is 1.74. The van der Waals surface area contributed by atoms with Crippen molar-refractivity contribution in [2.75, 3.05) is 25.5 Å². The molecule has 0 aliphatic carbocycles. The third-order valence-corrected chi connectivity index (χ3v) is 3.05. The summed E-state index contributed by atoms with van der Waals surface area (Å²) in [6, 6.07) is 6.68. The van der Waals surface area contributed by atoms with Gasteiger partial charge in [-0.1, -0.05) is 12.1 Å². The molecule has 1 aliphatic rings. The van der Waals surface area contributed by atoms with Gasteiger partial charge in [0.2, 0.25) is 0 Å². The molecule has 3 nitrogen and oxygen atoms in total. The summed E-state index contributed by atoms with van der Waals surface area (Å²) in [5.74, 6) is 0. The average molecular weight is 220 g/mol. The Morgan fingerprint density at radius 2 is 2.38 bits per heavy atom. The SMILES string of the molecule is COC(C)CNCc1ccc2c(c1)NCC2. The van der Waals surface area contributed by atoms with Crippen molar-refractivity contribution in [1.82, 2.24) is 5.32 Å². The monoisotopic (exact) mass is 220 g/mol. The second-order valence-corrected chi connectivity index (χ2v) is 4.35.